The van der Waals surface area contributed by atoms with Crippen molar-refractivity contribution in [2.24, 2.45) is 0 Å². The van der Waals surface area contributed by atoms with Crippen molar-refractivity contribution in [2.45, 2.75) is 38.3 Å². The summed E-state index contributed by atoms with van der Waals surface area (Å²) in [6.45, 7) is 1.92. The Morgan fingerprint density at radius 2 is 2.10 bits per heavy atom. The Bertz CT molecular complexity index is 563. The van der Waals surface area contributed by atoms with Crippen LogP contribution >= 0.6 is 0 Å². The lowest BCUT2D eigenvalue weighted by Crippen LogP contribution is -2.37. The summed E-state index contributed by atoms with van der Waals surface area (Å²) in [5.74, 6) is -6.98. The van der Waals surface area contributed by atoms with Crippen molar-refractivity contribution in [1.82, 2.24) is 4.90 Å². The highest BCUT2D eigenvalue weighted by Crippen LogP contribution is 2.29. The van der Waals surface area contributed by atoms with E-state index in [0.717, 1.165) is 0 Å². The number of hydrogen-bond acceptors (Lipinski definition) is 3. The van der Waals surface area contributed by atoms with E-state index in [9.17, 15) is 28.2 Å². The molecule has 0 saturated carbocycles. The number of carbonyl (C=O) groups excluding carboxylic acids is 1. The number of benzene rings is 1. The minimum absolute atomic E-state index is 0.285. The van der Waals surface area contributed by atoms with Gasteiger partial charge in [-0.05, 0) is 32.3 Å². The molecule has 1 heterocycles. The monoisotopic (exact) mass is 303 g/mol. The maximum atomic E-state index is 13.8. The van der Waals surface area contributed by atoms with E-state index in [2.05, 4.69) is 0 Å². The summed E-state index contributed by atoms with van der Waals surface area (Å²) in [6.07, 6.45) is 1.02. The van der Waals surface area contributed by atoms with Crippen LogP contribution in [0.25, 0.3) is 0 Å². The number of hydrogen-bond donors (Lipinski definition) is 2. The highest BCUT2D eigenvalue weighted by atomic mass is 19.2. The number of likely N-dealkylation sites (tertiary alicyclic amines) is 1. The third kappa shape index (κ3) is 2.97. The summed E-state index contributed by atoms with van der Waals surface area (Å²) < 4.78 is 40.1. The van der Waals surface area contributed by atoms with E-state index < -0.39 is 40.8 Å². The maximum absolute atomic E-state index is 13.8. The van der Waals surface area contributed by atoms with Gasteiger partial charge in [0.05, 0.1) is 11.7 Å². The van der Waals surface area contributed by atoms with E-state index in [1.54, 1.807) is 6.92 Å². The fourth-order valence-corrected chi connectivity index (χ4v) is 2.64. The number of aromatic hydroxyl groups is 1. The van der Waals surface area contributed by atoms with Gasteiger partial charge in [-0.25, -0.2) is 8.78 Å². The van der Waals surface area contributed by atoms with E-state index in [1.807, 2.05) is 0 Å². The van der Waals surface area contributed by atoms with Crippen LogP contribution in [0.4, 0.5) is 13.2 Å². The standard InChI is InChI=1S/C14H16F3NO3/c1-7(19)5-8-3-2-4-18(8)14(21)9-6-10(15)12(17)13(20)11(9)16/h6-8,19-20H,2-5H2,1H3. The number of rotatable bonds is 3. The summed E-state index contributed by atoms with van der Waals surface area (Å²) in [7, 11) is 0. The van der Waals surface area contributed by atoms with Crippen molar-refractivity contribution in [1.29, 1.82) is 0 Å². The van der Waals surface area contributed by atoms with Gasteiger partial charge in [0.15, 0.2) is 17.4 Å². The third-order valence-corrected chi connectivity index (χ3v) is 3.61. The molecule has 0 bridgehead atoms. The molecule has 116 valence electrons. The summed E-state index contributed by atoms with van der Waals surface area (Å²) in [5, 5.41) is 18.6. The second kappa shape index (κ2) is 5.93. The first-order valence-electron chi connectivity index (χ1n) is 6.68. The Morgan fingerprint density at radius 3 is 2.71 bits per heavy atom. The van der Waals surface area contributed by atoms with Crippen molar-refractivity contribution in [3.05, 3.63) is 29.1 Å². The van der Waals surface area contributed by atoms with Gasteiger partial charge < -0.3 is 15.1 Å². The number of carbonyl (C=O) groups is 1. The smallest absolute Gasteiger partial charge is 0.257 e. The van der Waals surface area contributed by atoms with Gasteiger partial charge >= 0.3 is 0 Å². The van der Waals surface area contributed by atoms with Gasteiger partial charge in [0.2, 0.25) is 5.82 Å². The van der Waals surface area contributed by atoms with E-state index >= 15 is 0 Å². The van der Waals surface area contributed by atoms with Crippen LogP contribution in [0.3, 0.4) is 0 Å². The van der Waals surface area contributed by atoms with E-state index in [0.29, 0.717) is 31.9 Å². The molecule has 1 aliphatic rings. The summed E-state index contributed by atoms with van der Waals surface area (Å²) in [5.41, 5.74) is -0.705. The van der Waals surface area contributed by atoms with Crippen LogP contribution in [0.5, 0.6) is 5.75 Å². The van der Waals surface area contributed by atoms with Crippen molar-refractivity contribution in [2.75, 3.05) is 6.54 Å². The molecule has 0 radical (unpaired) electrons. The molecule has 1 aromatic rings. The number of phenolic OH excluding ortho intramolecular Hbond substituents is 1. The van der Waals surface area contributed by atoms with Crippen LogP contribution in [-0.4, -0.2) is 39.7 Å². The molecule has 1 amide bonds. The molecule has 1 aliphatic heterocycles. The summed E-state index contributed by atoms with van der Waals surface area (Å²) >= 11 is 0. The fraction of sp³-hybridized carbons (Fsp3) is 0.500. The predicted molar refractivity (Wildman–Crippen MR) is 68.3 cm³/mol. The average Bonchev–Trinajstić information content (AvgIpc) is 2.87. The highest BCUT2D eigenvalue weighted by molar-refractivity contribution is 5.95. The van der Waals surface area contributed by atoms with E-state index in [4.69, 9.17) is 0 Å². The van der Waals surface area contributed by atoms with Crippen LogP contribution in [0.1, 0.15) is 36.5 Å². The third-order valence-electron chi connectivity index (χ3n) is 3.61. The quantitative estimate of drug-likeness (QED) is 0.842. The van der Waals surface area contributed by atoms with Crippen molar-refractivity contribution in [3.8, 4) is 5.75 Å². The number of phenols is 1. The van der Waals surface area contributed by atoms with Crippen molar-refractivity contribution < 1.29 is 28.2 Å². The van der Waals surface area contributed by atoms with Crippen LogP contribution in [-0.2, 0) is 0 Å². The zero-order valence-electron chi connectivity index (χ0n) is 11.4. The van der Waals surface area contributed by atoms with Crippen LogP contribution < -0.4 is 0 Å². The second-order valence-electron chi connectivity index (χ2n) is 5.26. The Hall–Kier alpha value is -1.76. The molecule has 2 N–H and O–H groups in total. The largest absolute Gasteiger partial charge is 0.503 e. The van der Waals surface area contributed by atoms with Crippen molar-refractivity contribution >= 4 is 5.91 Å². The topological polar surface area (TPSA) is 60.8 Å². The Morgan fingerprint density at radius 1 is 1.43 bits per heavy atom. The summed E-state index contributed by atoms with van der Waals surface area (Å²) in [4.78, 5) is 13.6. The molecule has 1 aromatic carbocycles. The predicted octanol–water partition coefficient (Wildman–Crippen LogP) is 2.19. The fourth-order valence-electron chi connectivity index (χ4n) is 2.64. The molecular formula is C14H16F3NO3. The van der Waals surface area contributed by atoms with Gasteiger partial charge in [0, 0.05) is 12.6 Å². The lowest BCUT2D eigenvalue weighted by atomic mass is 10.1. The summed E-state index contributed by atoms with van der Waals surface area (Å²) in [6, 6.07) is 0.164. The number of aliphatic hydroxyl groups is 1. The molecule has 0 aromatic heterocycles. The molecule has 0 aliphatic carbocycles. The van der Waals surface area contributed by atoms with Crippen LogP contribution in [0.15, 0.2) is 6.07 Å². The Labute approximate surface area is 119 Å². The second-order valence-corrected chi connectivity index (χ2v) is 5.26. The molecule has 2 atom stereocenters. The van der Waals surface area contributed by atoms with Crippen molar-refractivity contribution in [3.63, 3.8) is 0 Å². The molecule has 2 unspecified atom stereocenters. The van der Waals surface area contributed by atoms with Gasteiger partial charge in [-0.2, -0.15) is 4.39 Å². The number of amides is 1. The van der Waals surface area contributed by atoms with Gasteiger partial charge in [-0.1, -0.05) is 0 Å². The highest BCUT2D eigenvalue weighted by Gasteiger charge is 2.33. The molecule has 0 spiro atoms. The van der Waals surface area contributed by atoms with Gasteiger partial charge in [0.25, 0.3) is 5.91 Å². The lowest BCUT2D eigenvalue weighted by Gasteiger charge is -2.26. The molecule has 1 saturated heterocycles. The lowest BCUT2D eigenvalue weighted by molar-refractivity contribution is 0.0675. The normalized spacial score (nSPS) is 19.9. The zero-order valence-corrected chi connectivity index (χ0v) is 11.4. The number of nitrogens with zero attached hydrogens (tertiary/aromatic N) is 1. The minimum Gasteiger partial charge on any atom is -0.503 e. The average molecular weight is 303 g/mol. The first kappa shape index (κ1) is 15.6. The molecule has 4 nitrogen and oxygen atoms in total. The number of halogens is 3. The SMILES string of the molecule is CC(O)CC1CCCN1C(=O)c1cc(F)c(F)c(O)c1F. The number of aliphatic hydroxyl groups excluding tert-OH is 1. The Balaban J connectivity index is 2.32. The maximum Gasteiger partial charge on any atom is 0.257 e. The van der Waals surface area contributed by atoms with Gasteiger partial charge in [-0.3, -0.25) is 4.79 Å². The molecule has 1 fully saturated rings. The first-order valence-corrected chi connectivity index (χ1v) is 6.68. The van der Waals surface area contributed by atoms with Gasteiger partial charge in [-0.15, -0.1) is 0 Å². The van der Waals surface area contributed by atoms with Crippen LogP contribution in [0.2, 0.25) is 0 Å². The van der Waals surface area contributed by atoms with E-state index in [1.165, 1.54) is 4.90 Å². The minimum atomic E-state index is -1.72. The van der Waals surface area contributed by atoms with Gasteiger partial charge in [0.1, 0.15) is 0 Å². The molecule has 7 heteroatoms. The first-order chi connectivity index (χ1) is 9.82. The van der Waals surface area contributed by atoms with E-state index in [-0.39, 0.29) is 6.04 Å². The Kier molecular flexibility index (Phi) is 4.41. The molecular weight excluding hydrogens is 287 g/mol. The molecule has 2 rings (SSSR count). The van der Waals surface area contributed by atoms with Crippen LogP contribution in [0, 0.1) is 17.5 Å². The molecule has 21 heavy (non-hydrogen) atoms. The zero-order chi connectivity index (χ0) is 15.7.